The molecule has 1 aromatic carbocycles. The molecule has 1 N–H and O–H groups in total. The lowest BCUT2D eigenvalue weighted by Gasteiger charge is -2.27. The molecule has 0 aliphatic heterocycles. The largest absolute Gasteiger partial charge is 0.493 e. The molecule has 1 saturated carbocycles. The van der Waals surface area contributed by atoms with Crippen LogP contribution in [-0.4, -0.2) is 26.1 Å². The van der Waals surface area contributed by atoms with E-state index in [2.05, 4.69) is 11.4 Å². The average molecular weight is 298 g/mol. The molecule has 0 heterocycles. The molecular formula is C16H24ClNO2. The first kappa shape index (κ1) is 15.5. The first-order chi connectivity index (χ1) is 9.74. The maximum Gasteiger partial charge on any atom is 0.161 e. The van der Waals surface area contributed by atoms with Gasteiger partial charge in [0, 0.05) is 11.9 Å². The van der Waals surface area contributed by atoms with Crippen LogP contribution < -0.4 is 14.8 Å². The monoisotopic (exact) mass is 297 g/mol. The van der Waals surface area contributed by atoms with Crippen molar-refractivity contribution in [1.29, 1.82) is 0 Å². The number of hydrogen-bond acceptors (Lipinski definition) is 3. The molecule has 20 heavy (non-hydrogen) atoms. The zero-order valence-corrected chi connectivity index (χ0v) is 13.1. The third-order valence-corrected chi connectivity index (χ3v) is 4.57. The van der Waals surface area contributed by atoms with Gasteiger partial charge < -0.3 is 14.8 Å². The minimum atomic E-state index is 0.335. The second-order valence-corrected chi connectivity index (χ2v) is 5.94. The van der Waals surface area contributed by atoms with E-state index >= 15 is 0 Å². The summed E-state index contributed by atoms with van der Waals surface area (Å²) in [7, 11) is 3.31. The molecule has 1 fully saturated rings. The highest BCUT2D eigenvalue weighted by Gasteiger charge is 2.22. The van der Waals surface area contributed by atoms with Gasteiger partial charge in [0.15, 0.2) is 11.5 Å². The van der Waals surface area contributed by atoms with E-state index in [-0.39, 0.29) is 0 Å². The maximum absolute atomic E-state index is 6.38. The van der Waals surface area contributed by atoms with Crippen LogP contribution in [0.2, 0.25) is 0 Å². The highest BCUT2D eigenvalue weighted by molar-refractivity contribution is 6.20. The molecular weight excluding hydrogens is 274 g/mol. The van der Waals surface area contributed by atoms with Gasteiger partial charge in [-0.25, -0.2) is 0 Å². The van der Waals surface area contributed by atoms with Crippen molar-refractivity contribution in [2.24, 2.45) is 5.92 Å². The molecule has 0 saturated heterocycles. The summed E-state index contributed by atoms with van der Waals surface area (Å²) >= 11 is 6.38. The first-order valence-corrected chi connectivity index (χ1v) is 7.74. The van der Waals surface area contributed by atoms with Gasteiger partial charge in [-0.15, -0.1) is 11.6 Å². The van der Waals surface area contributed by atoms with Crippen LogP contribution in [0.5, 0.6) is 11.5 Å². The topological polar surface area (TPSA) is 30.5 Å². The number of benzene rings is 1. The van der Waals surface area contributed by atoms with Gasteiger partial charge in [-0.05, 0) is 43.0 Å². The first-order valence-electron chi connectivity index (χ1n) is 7.30. The maximum atomic E-state index is 6.38. The molecule has 0 radical (unpaired) electrons. The molecule has 0 aromatic heterocycles. The Morgan fingerprint density at radius 2 is 1.90 bits per heavy atom. The number of hydrogen-bond donors (Lipinski definition) is 1. The zero-order chi connectivity index (χ0) is 14.4. The molecule has 3 nitrogen and oxygen atoms in total. The summed E-state index contributed by atoms with van der Waals surface area (Å²) in [4.78, 5) is 0. The molecule has 4 heteroatoms. The van der Waals surface area contributed by atoms with Gasteiger partial charge in [-0.2, -0.15) is 0 Å². The lowest BCUT2D eigenvalue weighted by molar-refractivity contribution is 0.346. The van der Waals surface area contributed by atoms with Gasteiger partial charge in [0.1, 0.15) is 0 Å². The van der Waals surface area contributed by atoms with Crippen LogP contribution in [0.3, 0.4) is 0 Å². The number of ether oxygens (including phenoxy) is 2. The summed E-state index contributed by atoms with van der Waals surface area (Å²) in [5, 5.41) is 3.84. The Morgan fingerprint density at radius 1 is 1.15 bits per heavy atom. The number of alkyl halides is 1. The van der Waals surface area contributed by atoms with Crippen molar-refractivity contribution in [3.8, 4) is 11.5 Å². The van der Waals surface area contributed by atoms with Gasteiger partial charge >= 0.3 is 0 Å². The summed E-state index contributed by atoms with van der Waals surface area (Å²) in [6.07, 6.45) is 4.99. The Balaban J connectivity index is 1.84. The van der Waals surface area contributed by atoms with E-state index in [1.165, 1.54) is 24.8 Å². The average Bonchev–Trinajstić information content (AvgIpc) is 2.49. The molecule has 0 bridgehead atoms. The third-order valence-electron chi connectivity index (χ3n) is 4.00. The second kappa shape index (κ2) is 7.75. The van der Waals surface area contributed by atoms with Gasteiger partial charge in [-0.3, -0.25) is 0 Å². The molecule has 2 unspecified atom stereocenters. The summed E-state index contributed by atoms with van der Waals surface area (Å²) in [5.74, 6) is 2.15. The van der Waals surface area contributed by atoms with E-state index in [0.29, 0.717) is 11.3 Å². The van der Waals surface area contributed by atoms with Crippen LogP contribution in [0.25, 0.3) is 0 Å². The fourth-order valence-electron chi connectivity index (χ4n) is 2.78. The van der Waals surface area contributed by atoms with Crippen molar-refractivity contribution in [2.45, 2.75) is 37.6 Å². The van der Waals surface area contributed by atoms with Crippen LogP contribution >= 0.6 is 11.6 Å². The molecule has 112 valence electrons. The number of rotatable bonds is 6. The van der Waals surface area contributed by atoms with E-state index in [9.17, 15) is 0 Å². The van der Waals surface area contributed by atoms with Gasteiger partial charge in [0.2, 0.25) is 0 Å². The van der Waals surface area contributed by atoms with Gasteiger partial charge in [0.05, 0.1) is 14.2 Å². The van der Waals surface area contributed by atoms with Crippen LogP contribution in [0.4, 0.5) is 0 Å². The molecule has 0 spiro atoms. The zero-order valence-electron chi connectivity index (χ0n) is 12.3. The molecule has 1 aliphatic rings. The predicted octanol–water partition coefficient (Wildman–Crippen LogP) is 3.59. The molecule has 1 aliphatic carbocycles. The van der Waals surface area contributed by atoms with E-state index in [0.717, 1.165) is 31.0 Å². The van der Waals surface area contributed by atoms with Crippen molar-refractivity contribution in [3.05, 3.63) is 23.8 Å². The number of methoxy groups -OCH3 is 2. The fourth-order valence-corrected chi connectivity index (χ4v) is 3.15. The van der Waals surface area contributed by atoms with Crippen LogP contribution in [0.15, 0.2) is 18.2 Å². The molecule has 2 atom stereocenters. The quantitative estimate of drug-likeness (QED) is 0.814. The SMILES string of the molecule is COc1ccc(CNCC2CCCCC2Cl)cc1OC. The summed E-state index contributed by atoms with van der Waals surface area (Å²) in [5.41, 5.74) is 1.20. The standard InChI is InChI=1S/C16H24ClNO2/c1-19-15-8-7-12(9-16(15)20-2)10-18-11-13-5-3-4-6-14(13)17/h7-9,13-14,18H,3-6,10-11H2,1-2H3. The predicted molar refractivity (Wildman–Crippen MR) is 82.9 cm³/mol. The molecule has 1 aromatic rings. The Labute approximate surface area is 126 Å². The Morgan fingerprint density at radius 3 is 2.60 bits per heavy atom. The Kier molecular flexibility index (Phi) is 5.99. The smallest absolute Gasteiger partial charge is 0.161 e. The summed E-state index contributed by atoms with van der Waals surface area (Å²) in [6.45, 7) is 1.82. The van der Waals surface area contributed by atoms with Crippen molar-refractivity contribution in [3.63, 3.8) is 0 Å². The van der Waals surface area contributed by atoms with Gasteiger partial charge in [-0.1, -0.05) is 18.9 Å². The Bertz CT molecular complexity index is 425. The number of halogens is 1. The van der Waals surface area contributed by atoms with E-state index in [1.807, 2.05) is 12.1 Å². The normalized spacial score (nSPS) is 22.6. The highest BCUT2D eigenvalue weighted by Crippen LogP contribution is 2.29. The molecule has 0 amide bonds. The van der Waals surface area contributed by atoms with Crippen molar-refractivity contribution in [1.82, 2.24) is 5.32 Å². The highest BCUT2D eigenvalue weighted by atomic mass is 35.5. The lowest BCUT2D eigenvalue weighted by atomic mass is 9.89. The third kappa shape index (κ3) is 4.03. The van der Waals surface area contributed by atoms with Crippen LogP contribution in [0, 0.1) is 5.92 Å². The molecule has 2 rings (SSSR count). The van der Waals surface area contributed by atoms with Crippen LogP contribution in [0.1, 0.15) is 31.2 Å². The van der Waals surface area contributed by atoms with E-state index < -0.39 is 0 Å². The van der Waals surface area contributed by atoms with Crippen molar-refractivity contribution in [2.75, 3.05) is 20.8 Å². The van der Waals surface area contributed by atoms with Crippen molar-refractivity contribution < 1.29 is 9.47 Å². The Hall–Kier alpha value is -0.930. The second-order valence-electron chi connectivity index (χ2n) is 5.38. The van der Waals surface area contributed by atoms with Crippen LogP contribution in [-0.2, 0) is 6.54 Å². The summed E-state index contributed by atoms with van der Waals surface area (Å²) < 4.78 is 10.6. The van der Waals surface area contributed by atoms with Gasteiger partial charge in [0.25, 0.3) is 0 Å². The van der Waals surface area contributed by atoms with E-state index in [1.54, 1.807) is 14.2 Å². The van der Waals surface area contributed by atoms with E-state index in [4.69, 9.17) is 21.1 Å². The van der Waals surface area contributed by atoms with Crippen molar-refractivity contribution >= 4 is 11.6 Å². The summed E-state index contributed by atoms with van der Waals surface area (Å²) in [6, 6.07) is 6.03. The fraction of sp³-hybridized carbons (Fsp3) is 0.625. The minimum absolute atomic E-state index is 0.335. The number of nitrogens with one attached hydrogen (secondary N) is 1. The minimum Gasteiger partial charge on any atom is -0.493 e. The lowest BCUT2D eigenvalue weighted by Crippen LogP contribution is -2.30.